The zero-order valence-electron chi connectivity index (χ0n) is 13.1. The standard InChI is InChI=1S/C15H20FN3O2S2/c1-3-19(4-2)15(22)23-10-9-13(20)18-14(21)17-12-7-5-11(16)6-8-12/h5-8H,3-4,9-10H2,1-2H3,(H2,17,18,20,21). The molecule has 0 saturated carbocycles. The summed E-state index contributed by atoms with van der Waals surface area (Å²) in [6.07, 6.45) is 0.183. The monoisotopic (exact) mass is 357 g/mol. The Balaban J connectivity index is 2.29. The topological polar surface area (TPSA) is 61.4 Å². The second-order valence-electron chi connectivity index (χ2n) is 4.55. The lowest BCUT2D eigenvalue weighted by Gasteiger charge is -2.20. The Bertz CT molecular complexity index is 548. The van der Waals surface area contributed by atoms with Crippen molar-refractivity contribution in [3.05, 3.63) is 30.1 Å². The summed E-state index contributed by atoms with van der Waals surface area (Å²) in [7, 11) is 0. The van der Waals surface area contributed by atoms with E-state index >= 15 is 0 Å². The van der Waals surface area contributed by atoms with Crippen molar-refractivity contribution < 1.29 is 14.0 Å². The number of benzene rings is 1. The van der Waals surface area contributed by atoms with Crippen molar-refractivity contribution in [1.82, 2.24) is 10.2 Å². The number of imide groups is 1. The van der Waals surface area contributed by atoms with Crippen molar-refractivity contribution >= 4 is 45.9 Å². The van der Waals surface area contributed by atoms with Crippen LogP contribution in [0.15, 0.2) is 24.3 Å². The van der Waals surface area contributed by atoms with Gasteiger partial charge in [0.2, 0.25) is 5.91 Å². The number of urea groups is 1. The number of thioether (sulfide) groups is 1. The predicted molar refractivity (Wildman–Crippen MR) is 96.2 cm³/mol. The summed E-state index contributed by atoms with van der Waals surface area (Å²) in [5.74, 6) is -0.280. The van der Waals surface area contributed by atoms with Crippen LogP contribution in [0.25, 0.3) is 0 Å². The first-order chi connectivity index (χ1) is 11.0. The smallest absolute Gasteiger partial charge is 0.325 e. The maximum atomic E-state index is 12.7. The van der Waals surface area contributed by atoms with Crippen LogP contribution in [0.4, 0.5) is 14.9 Å². The molecule has 1 rings (SSSR count). The van der Waals surface area contributed by atoms with Gasteiger partial charge in [-0.1, -0.05) is 24.0 Å². The van der Waals surface area contributed by atoms with Gasteiger partial charge in [0.25, 0.3) is 0 Å². The summed E-state index contributed by atoms with van der Waals surface area (Å²) in [4.78, 5) is 25.3. The normalized spacial score (nSPS) is 10.0. The van der Waals surface area contributed by atoms with Gasteiger partial charge in [-0.3, -0.25) is 10.1 Å². The van der Waals surface area contributed by atoms with Crippen LogP contribution in [0.5, 0.6) is 0 Å². The molecule has 23 heavy (non-hydrogen) atoms. The van der Waals surface area contributed by atoms with Crippen molar-refractivity contribution in [2.45, 2.75) is 20.3 Å². The van der Waals surface area contributed by atoms with Crippen molar-refractivity contribution in [3.8, 4) is 0 Å². The van der Waals surface area contributed by atoms with E-state index in [0.717, 1.165) is 17.4 Å². The Kier molecular flexibility index (Phi) is 8.57. The third kappa shape index (κ3) is 7.43. The van der Waals surface area contributed by atoms with Gasteiger partial charge in [-0.05, 0) is 38.1 Å². The molecule has 0 radical (unpaired) electrons. The number of rotatable bonds is 6. The highest BCUT2D eigenvalue weighted by molar-refractivity contribution is 8.22. The molecule has 8 heteroatoms. The Morgan fingerprint density at radius 1 is 1.22 bits per heavy atom. The van der Waals surface area contributed by atoms with Crippen LogP contribution in [-0.4, -0.2) is 40.0 Å². The van der Waals surface area contributed by atoms with Crippen LogP contribution in [0.2, 0.25) is 0 Å². The first-order valence-electron chi connectivity index (χ1n) is 7.24. The summed E-state index contributed by atoms with van der Waals surface area (Å²) in [6.45, 7) is 5.69. The summed E-state index contributed by atoms with van der Waals surface area (Å²) >= 11 is 6.68. The van der Waals surface area contributed by atoms with E-state index in [9.17, 15) is 14.0 Å². The van der Waals surface area contributed by atoms with Crippen molar-refractivity contribution in [2.75, 3.05) is 24.2 Å². The third-order valence-corrected chi connectivity index (χ3v) is 4.46. The van der Waals surface area contributed by atoms with Gasteiger partial charge in [0.15, 0.2) is 0 Å². The Morgan fingerprint density at radius 2 is 1.83 bits per heavy atom. The second kappa shape index (κ2) is 10.2. The van der Waals surface area contributed by atoms with E-state index < -0.39 is 11.8 Å². The molecule has 1 aromatic rings. The number of nitrogens with zero attached hydrogens (tertiary/aromatic N) is 1. The Labute approximate surface area is 145 Å². The zero-order chi connectivity index (χ0) is 17.2. The number of amides is 3. The molecule has 0 aliphatic heterocycles. The largest absolute Gasteiger partial charge is 0.358 e. The average molecular weight is 357 g/mol. The highest BCUT2D eigenvalue weighted by Crippen LogP contribution is 2.11. The SMILES string of the molecule is CCN(CC)C(=S)SCCC(=O)NC(=O)Nc1ccc(F)cc1. The first-order valence-corrected chi connectivity index (χ1v) is 8.63. The van der Waals surface area contributed by atoms with Crippen molar-refractivity contribution in [2.24, 2.45) is 0 Å². The maximum Gasteiger partial charge on any atom is 0.325 e. The van der Waals surface area contributed by atoms with Crippen LogP contribution >= 0.6 is 24.0 Å². The van der Waals surface area contributed by atoms with E-state index in [1.807, 2.05) is 18.7 Å². The van der Waals surface area contributed by atoms with Gasteiger partial charge >= 0.3 is 6.03 Å². The molecule has 0 bridgehead atoms. The Morgan fingerprint density at radius 3 is 2.39 bits per heavy atom. The van der Waals surface area contributed by atoms with Crippen LogP contribution in [0.1, 0.15) is 20.3 Å². The fourth-order valence-corrected chi connectivity index (χ4v) is 3.10. The minimum atomic E-state index is -0.641. The molecule has 0 aliphatic rings. The highest BCUT2D eigenvalue weighted by atomic mass is 32.2. The molecule has 0 unspecified atom stereocenters. The molecule has 0 aromatic heterocycles. The van der Waals surface area contributed by atoms with Crippen LogP contribution in [0, 0.1) is 5.82 Å². The van der Waals surface area contributed by atoms with Gasteiger partial charge in [0.1, 0.15) is 10.1 Å². The minimum Gasteiger partial charge on any atom is -0.358 e. The van der Waals surface area contributed by atoms with Crippen molar-refractivity contribution in [1.29, 1.82) is 0 Å². The summed E-state index contributed by atoms with van der Waals surface area (Å²) in [6, 6.07) is 4.64. The predicted octanol–water partition coefficient (Wildman–Crippen LogP) is 3.22. The lowest BCUT2D eigenvalue weighted by Crippen LogP contribution is -2.34. The number of halogens is 1. The molecule has 1 aromatic carbocycles. The van der Waals surface area contributed by atoms with E-state index in [-0.39, 0.29) is 12.3 Å². The van der Waals surface area contributed by atoms with Gasteiger partial charge in [-0.15, -0.1) is 0 Å². The van der Waals surface area contributed by atoms with E-state index in [1.54, 1.807) is 0 Å². The number of carbonyl (C=O) groups is 2. The molecule has 126 valence electrons. The third-order valence-electron chi connectivity index (χ3n) is 2.93. The molecular weight excluding hydrogens is 337 g/mol. The minimum absolute atomic E-state index is 0.183. The average Bonchev–Trinajstić information content (AvgIpc) is 2.50. The maximum absolute atomic E-state index is 12.7. The highest BCUT2D eigenvalue weighted by Gasteiger charge is 2.10. The molecule has 0 heterocycles. The lowest BCUT2D eigenvalue weighted by atomic mass is 10.3. The van der Waals surface area contributed by atoms with Crippen LogP contribution in [0.3, 0.4) is 0 Å². The number of carbonyl (C=O) groups excluding carboxylic acids is 2. The van der Waals surface area contributed by atoms with E-state index in [4.69, 9.17) is 12.2 Å². The molecule has 5 nitrogen and oxygen atoms in total. The molecule has 0 fully saturated rings. The summed E-state index contributed by atoms with van der Waals surface area (Å²) in [5.41, 5.74) is 0.411. The first kappa shape index (κ1) is 19.4. The second-order valence-corrected chi connectivity index (χ2v) is 6.27. The van der Waals surface area contributed by atoms with Gasteiger partial charge in [0.05, 0.1) is 0 Å². The van der Waals surface area contributed by atoms with Gasteiger partial charge < -0.3 is 10.2 Å². The number of hydrogen-bond donors (Lipinski definition) is 2. The number of anilines is 1. The summed E-state index contributed by atoms with van der Waals surface area (Å²) in [5, 5.41) is 4.68. The number of thiocarbonyl (C=S) groups is 1. The zero-order valence-corrected chi connectivity index (χ0v) is 14.7. The van der Waals surface area contributed by atoms with Crippen LogP contribution in [-0.2, 0) is 4.79 Å². The Hall–Kier alpha value is -1.67. The quantitative estimate of drug-likeness (QED) is 0.766. The summed E-state index contributed by atoms with van der Waals surface area (Å²) < 4.78 is 13.5. The van der Waals surface area contributed by atoms with Gasteiger partial charge in [-0.2, -0.15) is 0 Å². The van der Waals surface area contributed by atoms with E-state index in [1.165, 1.54) is 36.0 Å². The molecule has 0 atom stereocenters. The van der Waals surface area contributed by atoms with Gasteiger partial charge in [-0.25, -0.2) is 9.18 Å². The number of hydrogen-bond acceptors (Lipinski definition) is 4. The number of nitrogens with one attached hydrogen (secondary N) is 2. The molecule has 0 aliphatic carbocycles. The molecule has 3 amide bonds. The fraction of sp³-hybridized carbons (Fsp3) is 0.400. The molecule has 0 spiro atoms. The lowest BCUT2D eigenvalue weighted by molar-refractivity contribution is -0.119. The molecular formula is C15H20FN3O2S2. The van der Waals surface area contributed by atoms with Gasteiger partial charge in [0, 0.05) is 31.0 Å². The van der Waals surface area contributed by atoms with Crippen molar-refractivity contribution in [3.63, 3.8) is 0 Å². The molecule has 2 N–H and O–H groups in total. The fourth-order valence-electron chi connectivity index (χ4n) is 1.69. The van der Waals surface area contributed by atoms with E-state index in [0.29, 0.717) is 11.4 Å². The van der Waals surface area contributed by atoms with Crippen LogP contribution < -0.4 is 10.6 Å². The van der Waals surface area contributed by atoms with E-state index in [2.05, 4.69) is 10.6 Å². The molecule has 0 saturated heterocycles.